The average Bonchev–Trinajstić information content (AvgIpc) is 2.66. The number of ether oxygens (including phenoxy) is 1. The lowest BCUT2D eigenvalue weighted by Crippen LogP contribution is -2.41. The molecule has 3 rings (SSSR count). The maximum absolute atomic E-state index is 12.8. The fraction of sp³-hybridized carbons (Fsp3) is 0.250. The van der Waals surface area contributed by atoms with E-state index in [9.17, 15) is 18.0 Å². The van der Waals surface area contributed by atoms with Crippen LogP contribution in [0, 0.1) is 0 Å². The van der Waals surface area contributed by atoms with Crippen LogP contribution in [0.15, 0.2) is 54.6 Å². The Bertz CT molecular complexity index is 834. The van der Waals surface area contributed by atoms with Crippen LogP contribution in [0.5, 0.6) is 0 Å². The zero-order valence-electron chi connectivity index (χ0n) is 14.2. The van der Waals surface area contributed by atoms with Crippen LogP contribution in [0.1, 0.15) is 22.8 Å². The van der Waals surface area contributed by atoms with Gasteiger partial charge in [-0.3, -0.25) is 4.79 Å². The number of hydrogen-bond acceptors (Lipinski definition) is 2. The van der Waals surface area contributed by atoms with Crippen molar-refractivity contribution in [1.29, 1.82) is 0 Å². The fourth-order valence-corrected chi connectivity index (χ4v) is 2.95. The first-order valence-electron chi connectivity index (χ1n) is 8.34. The molecule has 142 valence electrons. The van der Waals surface area contributed by atoms with E-state index in [2.05, 4.69) is 0 Å². The minimum Gasteiger partial charge on any atom is -0.370 e. The van der Waals surface area contributed by atoms with Crippen LogP contribution in [-0.4, -0.2) is 30.5 Å². The third kappa shape index (κ3) is 5.11. The van der Waals surface area contributed by atoms with Crippen LogP contribution >= 0.6 is 11.6 Å². The highest BCUT2D eigenvalue weighted by Gasteiger charge is 2.30. The van der Waals surface area contributed by atoms with Crippen LogP contribution in [0.2, 0.25) is 5.02 Å². The van der Waals surface area contributed by atoms with E-state index in [-0.39, 0.29) is 12.0 Å². The standard InChI is InChI=1S/C20H17ClF3NO2/c21-17-7-5-15(6-8-17)18-13-25(10-11-27-18)19(26)9-4-14-2-1-3-16(12-14)20(22,23)24/h1-9,12,18H,10-11,13H2/b9-4+. The summed E-state index contributed by atoms with van der Waals surface area (Å²) in [5.74, 6) is -0.269. The molecule has 0 spiro atoms. The van der Waals surface area contributed by atoms with E-state index in [0.29, 0.717) is 30.3 Å². The fourth-order valence-electron chi connectivity index (χ4n) is 2.82. The van der Waals surface area contributed by atoms with Gasteiger partial charge in [0.05, 0.1) is 18.7 Å². The molecular weight excluding hydrogens is 379 g/mol. The van der Waals surface area contributed by atoms with Gasteiger partial charge >= 0.3 is 6.18 Å². The van der Waals surface area contributed by atoms with E-state index in [0.717, 1.165) is 17.7 Å². The highest BCUT2D eigenvalue weighted by atomic mass is 35.5. The number of nitrogens with zero attached hydrogens (tertiary/aromatic N) is 1. The summed E-state index contributed by atoms with van der Waals surface area (Å²) in [5, 5.41) is 0.617. The lowest BCUT2D eigenvalue weighted by molar-refractivity contribution is -0.137. The van der Waals surface area contributed by atoms with Crippen LogP contribution in [-0.2, 0) is 15.7 Å². The first-order chi connectivity index (χ1) is 12.8. The summed E-state index contributed by atoms with van der Waals surface area (Å²) in [6.07, 6.45) is -1.99. The van der Waals surface area contributed by atoms with E-state index in [1.54, 1.807) is 17.0 Å². The number of carbonyl (C=O) groups excluding carboxylic acids is 1. The Kier molecular flexibility index (Phi) is 5.87. The molecule has 1 amide bonds. The quantitative estimate of drug-likeness (QED) is 0.686. The Hall–Kier alpha value is -2.31. The zero-order chi connectivity index (χ0) is 19.4. The third-order valence-electron chi connectivity index (χ3n) is 4.25. The van der Waals surface area contributed by atoms with Gasteiger partial charge in [-0.05, 0) is 41.5 Å². The van der Waals surface area contributed by atoms with Gasteiger partial charge in [0.25, 0.3) is 0 Å². The Morgan fingerprint density at radius 2 is 1.93 bits per heavy atom. The molecule has 0 bridgehead atoms. The Balaban J connectivity index is 1.67. The van der Waals surface area contributed by atoms with Gasteiger partial charge in [0.15, 0.2) is 0 Å². The highest BCUT2D eigenvalue weighted by molar-refractivity contribution is 6.30. The molecule has 0 radical (unpaired) electrons. The summed E-state index contributed by atoms with van der Waals surface area (Å²) in [7, 11) is 0. The van der Waals surface area contributed by atoms with Crippen molar-refractivity contribution < 1.29 is 22.7 Å². The molecule has 7 heteroatoms. The third-order valence-corrected chi connectivity index (χ3v) is 4.50. The smallest absolute Gasteiger partial charge is 0.370 e. The maximum atomic E-state index is 12.8. The number of rotatable bonds is 3. The van der Waals surface area contributed by atoms with Crippen molar-refractivity contribution in [2.75, 3.05) is 19.7 Å². The summed E-state index contributed by atoms with van der Waals surface area (Å²) in [6, 6.07) is 12.1. The number of hydrogen-bond donors (Lipinski definition) is 0. The van der Waals surface area contributed by atoms with Crippen molar-refractivity contribution in [3.05, 3.63) is 76.3 Å². The first-order valence-corrected chi connectivity index (χ1v) is 8.72. The minimum atomic E-state index is -4.41. The second-order valence-electron chi connectivity index (χ2n) is 6.15. The lowest BCUT2D eigenvalue weighted by Gasteiger charge is -2.32. The van der Waals surface area contributed by atoms with Crippen molar-refractivity contribution in [3.63, 3.8) is 0 Å². The zero-order valence-corrected chi connectivity index (χ0v) is 15.0. The van der Waals surface area contributed by atoms with E-state index in [1.165, 1.54) is 24.3 Å². The molecule has 0 N–H and O–H groups in total. The number of morpholine rings is 1. The highest BCUT2D eigenvalue weighted by Crippen LogP contribution is 2.30. The van der Waals surface area contributed by atoms with E-state index >= 15 is 0 Å². The summed E-state index contributed by atoms with van der Waals surface area (Å²) in [4.78, 5) is 14.0. The topological polar surface area (TPSA) is 29.5 Å². The molecule has 3 nitrogen and oxygen atoms in total. The molecule has 0 aliphatic carbocycles. The van der Waals surface area contributed by atoms with Gasteiger partial charge in [-0.15, -0.1) is 0 Å². The van der Waals surface area contributed by atoms with Crippen molar-refractivity contribution in [3.8, 4) is 0 Å². The van der Waals surface area contributed by atoms with Gasteiger partial charge in [-0.25, -0.2) is 0 Å². The number of amides is 1. The van der Waals surface area contributed by atoms with Crippen LogP contribution < -0.4 is 0 Å². The molecule has 27 heavy (non-hydrogen) atoms. The predicted octanol–water partition coefficient (Wildman–Crippen LogP) is 4.97. The van der Waals surface area contributed by atoms with Gasteiger partial charge in [0, 0.05) is 17.6 Å². The van der Waals surface area contributed by atoms with Crippen LogP contribution in [0.25, 0.3) is 6.08 Å². The maximum Gasteiger partial charge on any atom is 0.416 e. The second-order valence-corrected chi connectivity index (χ2v) is 6.59. The molecule has 1 aliphatic heterocycles. The molecular formula is C20H17ClF3NO2. The molecule has 0 saturated carbocycles. The minimum absolute atomic E-state index is 0.262. The number of carbonyl (C=O) groups is 1. The first kappa shape index (κ1) is 19.5. The van der Waals surface area contributed by atoms with Crippen LogP contribution in [0.4, 0.5) is 13.2 Å². The van der Waals surface area contributed by atoms with Gasteiger partial charge in [0.2, 0.25) is 5.91 Å². The van der Waals surface area contributed by atoms with Crippen molar-refractivity contribution in [2.24, 2.45) is 0 Å². The number of benzene rings is 2. The van der Waals surface area contributed by atoms with Gasteiger partial charge in [-0.2, -0.15) is 13.2 Å². The molecule has 1 saturated heterocycles. The van der Waals surface area contributed by atoms with Gasteiger partial charge in [-0.1, -0.05) is 35.9 Å². The van der Waals surface area contributed by atoms with Crippen molar-refractivity contribution >= 4 is 23.6 Å². The van der Waals surface area contributed by atoms with Crippen molar-refractivity contribution in [2.45, 2.75) is 12.3 Å². The van der Waals surface area contributed by atoms with Crippen LogP contribution in [0.3, 0.4) is 0 Å². The molecule has 1 aliphatic rings. The van der Waals surface area contributed by atoms with E-state index in [4.69, 9.17) is 16.3 Å². The van der Waals surface area contributed by atoms with E-state index < -0.39 is 11.7 Å². The Morgan fingerprint density at radius 1 is 1.19 bits per heavy atom. The largest absolute Gasteiger partial charge is 0.416 e. The Morgan fingerprint density at radius 3 is 2.63 bits per heavy atom. The number of halogens is 4. The normalized spacial score (nSPS) is 18.1. The lowest BCUT2D eigenvalue weighted by atomic mass is 10.1. The SMILES string of the molecule is O=C(/C=C/c1cccc(C(F)(F)F)c1)N1CCOC(c2ccc(Cl)cc2)C1. The average molecular weight is 396 g/mol. The Labute approximate surface area is 160 Å². The molecule has 1 unspecified atom stereocenters. The predicted molar refractivity (Wildman–Crippen MR) is 97.2 cm³/mol. The molecule has 2 aromatic carbocycles. The second kappa shape index (κ2) is 8.15. The van der Waals surface area contributed by atoms with E-state index in [1.807, 2.05) is 12.1 Å². The van der Waals surface area contributed by atoms with Gasteiger partial charge in [0.1, 0.15) is 6.10 Å². The molecule has 1 fully saturated rings. The molecule has 0 aromatic heterocycles. The molecule has 1 heterocycles. The monoisotopic (exact) mass is 395 g/mol. The summed E-state index contributed by atoms with van der Waals surface area (Å²) >= 11 is 5.88. The molecule has 1 atom stereocenters. The van der Waals surface area contributed by atoms with Gasteiger partial charge < -0.3 is 9.64 Å². The summed E-state index contributed by atoms with van der Waals surface area (Å²) < 4.78 is 44.0. The summed E-state index contributed by atoms with van der Waals surface area (Å²) in [5.41, 5.74) is 0.491. The summed E-state index contributed by atoms with van der Waals surface area (Å²) in [6.45, 7) is 1.18. The number of alkyl halides is 3. The van der Waals surface area contributed by atoms with Crippen molar-refractivity contribution in [1.82, 2.24) is 4.90 Å². The molecule has 2 aromatic rings.